The van der Waals surface area contributed by atoms with Gasteiger partial charge in [-0.3, -0.25) is 9.97 Å². The number of hydrogen-bond donors (Lipinski definition) is 0. The molecule has 0 saturated heterocycles. The van der Waals surface area contributed by atoms with Gasteiger partial charge in [-0.05, 0) is 42.7 Å². The molecule has 0 radical (unpaired) electrons. The molecule has 4 rings (SSSR count). The van der Waals surface area contributed by atoms with Crippen LogP contribution in [0.2, 0.25) is 0 Å². The average molecular weight is 317 g/mol. The molecule has 0 fully saturated rings. The maximum absolute atomic E-state index is 4.67. The molecule has 0 bridgehead atoms. The van der Waals surface area contributed by atoms with Crippen LogP contribution in [0, 0.1) is 13.8 Å². The Morgan fingerprint density at radius 2 is 2.00 bits per heavy atom. The number of aryl methyl sites for hydroxylation is 1. The zero-order valence-corrected chi connectivity index (χ0v) is 13.9. The molecule has 0 amide bonds. The maximum atomic E-state index is 4.67. The van der Waals surface area contributed by atoms with Crippen molar-refractivity contribution in [2.45, 2.75) is 26.8 Å². The van der Waals surface area contributed by atoms with E-state index in [0.29, 0.717) is 0 Å². The van der Waals surface area contributed by atoms with Crippen LogP contribution in [0.5, 0.6) is 0 Å². The third kappa shape index (κ3) is 2.62. The number of hydrogen-bond acceptors (Lipinski definition) is 5. The monoisotopic (exact) mass is 317 g/mol. The normalized spacial score (nSPS) is 13.7. The molecule has 3 aromatic heterocycles. The number of anilines is 1. The fourth-order valence-electron chi connectivity index (χ4n) is 3.12. The fraction of sp³-hybridized carbons (Fsp3) is 0.263. The Kier molecular flexibility index (Phi) is 3.69. The third-order valence-electron chi connectivity index (χ3n) is 4.66. The van der Waals surface area contributed by atoms with E-state index in [1.807, 2.05) is 24.7 Å². The summed E-state index contributed by atoms with van der Waals surface area (Å²) in [6.07, 6.45) is 8.36. The molecular weight excluding hydrogens is 298 g/mol. The Labute approximate surface area is 141 Å². The van der Waals surface area contributed by atoms with Crippen LogP contribution in [0.4, 0.5) is 5.82 Å². The van der Waals surface area contributed by atoms with E-state index in [-0.39, 0.29) is 0 Å². The third-order valence-corrected chi connectivity index (χ3v) is 4.66. The molecule has 0 spiro atoms. The molecule has 0 atom stereocenters. The van der Waals surface area contributed by atoms with Crippen LogP contribution < -0.4 is 4.90 Å². The van der Waals surface area contributed by atoms with Gasteiger partial charge in [0.05, 0.1) is 6.20 Å². The molecule has 0 saturated carbocycles. The van der Waals surface area contributed by atoms with Gasteiger partial charge >= 0.3 is 0 Å². The lowest BCUT2D eigenvalue weighted by Crippen LogP contribution is -2.32. The first-order valence-corrected chi connectivity index (χ1v) is 8.14. The van der Waals surface area contributed by atoms with Crippen molar-refractivity contribution in [1.29, 1.82) is 0 Å². The quantitative estimate of drug-likeness (QED) is 0.727. The van der Waals surface area contributed by atoms with Gasteiger partial charge in [0.2, 0.25) is 0 Å². The highest BCUT2D eigenvalue weighted by Gasteiger charge is 2.21. The SMILES string of the molecule is Cc1cnnc(N2CCc3ncc(-c4cccnc4)cc3C2)c1C. The Bertz CT molecular complexity index is 876. The second-order valence-corrected chi connectivity index (χ2v) is 6.22. The summed E-state index contributed by atoms with van der Waals surface area (Å²) in [7, 11) is 0. The van der Waals surface area contributed by atoms with Gasteiger partial charge in [-0.1, -0.05) is 6.07 Å². The van der Waals surface area contributed by atoms with Crippen LogP contribution in [-0.2, 0) is 13.0 Å². The Morgan fingerprint density at radius 1 is 1.08 bits per heavy atom. The number of fused-ring (bicyclic) bond motifs is 1. The van der Waals surface area contributed by atoms with Crippen molar-refractivity contribution in [3.05, 3.63) is 65.4 Å². The lowest BCUT2D eigenvalue weighted by atomic mass is 10.0. The fourth-order valence-corrected chi connectivity index (χ4v) is 3.12. The highest BCUT2D eigenvalue weighted by molar-refractivity contribution is 5.63. The zero-order chi connectivity index (χ0) is 16.5. The van der Waals surface area contributed by atoms with Gasteiger partial charge < -0.3 is 4.90 Å². The predicted molar refractivity (Wildman–Crippen MR) is 93.7 cm³/mol. The molecule has 0 N–H and O–H groups in total. The molecule has 5 heteroatoms. The van der Waals surface area contributed by atoms with Gasteiger partial charge in [0.25, 0.3) is 0 Å². The van der Waals surface area contributed by atoms with Gasteiger partial charge in [0, 0.05) is 54.9 Å². The minimum Gasteiger partial charge on any atom is -0.350 e. The Hall–Kier alpha value is -2.82. The Morgan fingerprint density at radius 3 is 2.83 bits per heavy atom. The molecule has 24 heavy (non-hydrogen) atoms. The van der Waals surface area contributed by atoms with E-state index >= 15 is 0 Å². The average Bonchev–Trinajstić information content (AvgIpc) is 2.64. The second-order valence-electron chi connectivity index (χ2n) is 6.22. The number of aromatic nitrogens is 4. The van der Waals surface area contributed by atoms with E-state index in [2.05, 4.69) is 51.0 Å². The maximum Gasteiger partial charge on any atom is 0.154 e. The molecule has 120 valence electrons. The highest BCUT2D eigenvalue weighted by Crippen LogP contribution is 2.28. The molecule has 0 unspecified atom stereocenters. The molecular formula is C19H19N5. The van der Waals surface area contributed by atoms with Crippen molar-refractivity contribution in [3.8, 4) is 11.1 Å². The summed E-state index contributed by atoms with van der Waals surface area (Å²) in [5.41, 5.74) is 7.01. The second kappa shape index (κ2) is 6.00. The standard InChI is InChI=1S/C19H19N5/c1-13-9-22-23-19(14(13)2)24-7-5-18-17(12-24)8-16(11-21-18)15-4-3-6-20-10-15/h3-4,6,8-11H,5,7,12H2,1-2H3. The number of nitrogens with zero attached hydrogens (tertiary/aromatic N) is 5. The van der Waals surface area contributed by atoms with Crippen LogP contribution >= 0.6 is 0 Å². The zero-order valence-electron chi connectivity index (χ0n) is 13.9. The topological polar surface area (TPSA) is 54.8 Å². The van der Waals surface area contributed by atoms with Gasteiger partial charge in [-0.25, -0.2) is 0 Å². The lowest BCUT2D eigenvalue weighted by molar-refractivity contribution is 0.692. The highest BCUT2D eigenvalue weighted by atomic mass is 15.3. The molecule has 1 aliphatic heterocycles. The van der Waals surface area contributed by atoms with Crippen LogP contribution in [0.15, 0.2) is 43.0 Å². The van der Waals surface area contributed by atoms with E-state index in [4.69, 9.17) is 0 Å². The van der Waals surface area contributed by atoms with Crippen LogP contribution in [0.1, 0.15) is 22.4 Å². The van der Waals surface area contributed by atoms with Gasteiger partial charge in [0.15, 0.2) is 5.82 Å². The van der Waals surface area contributed by atoms with Gasteiger partial charge in [-0.15, -0.1) is 5.10 Å². The molecule has 4 heterocycles. The first-order chi connectivity index (χ1) is 11.7. The molecule has 0 aromatic carbocycles. The summed E-state index contributed by atoms with van der Waals surface area (Å²) in [5, 5.41) is 8.49. The smallest absolute Gasteiger partial charge is 0.154 e. The number of rotatable bonds is 2. The summed E-state index contributed by atoms with van der Waals surface area (Å²) >= 11 is 0. The largest absolute Gasteiger partial charge is 0.350 e. The van der Waals surface area contributed by atoms with Crippen molar-refractivity contribution in [3.63, 3.8) is 0 Å². The minimum absolute atomic E-state index is 0.815. The summed E-state index contributed by atoms with van der Waals surface area (Å²) in [4.78, 5) is 11.2. The van der Waals surface area contributed by atoms with E-state index in [1.165, 1.54) is 22.4 Å². The van der Waals surface area contributed by atoms with Gasteiger partial charge in [-0.2, -0.15) is 5.10 Å². The summed E-state index contributed by atoms with van der Waals surface area (Å²) < 4.78 is 0. The molecule has 3 aromatic rings. The van der Waals surface area contributed by atoms with E-state index in [0.717, 1.165) is 36.5 Å². The first kappa shape index (κ1) is 14.8. The Balaban J connectivity index is 1.68. The predicted octanol–water partition coefficient (Wildman–Crippen LogP) is 3.11. The lowest BCUT2D eigenvalue weighted by Gasteiger charge is -2.30. The van der Waals surface area contributed by atoms with Crippen LogP contribution in [0.25, 0.3) is 11.1 Å². The van der Waals surface area contributed by atoms with E-state index < -0.39 is 0 Å². The van der Waals surface area contributed by atoms with Crippen molar-refractivity contribution in [1.82, 2.24) is 20.2 Å². The van der Waals surface area contributed by atoms with E-state index in [1.54, 1.807) is 6.20 Å². The van der Waals surface area contributed by atoms with Crippen molar-refractivity contribution < 1.29 is 0 Å². The van der Waals surface area contributed by atoms with E-state index in [9.17, 15) is 0 Å². The van der Waals surface area contributed by atoms with Gasteiger partial charge in [0.1, 0.15) is 0 Å². The molecule has 1 aliphatic rings. The summed E-state index contributed by atoms with van der Waals surface area (Å²) in [6, 6.07) is 6.24. The van der Waals surface area contributed by atoms with Crippen LogP contribution in [0.3, 0.4) is 0 Å². The summed E-state index contributed by atoms with van der Waals surface area (Å²) in [5.74, 6) is 0.979. The number of pyridine rings is 2. The van der Waals surface area contributed by atoms with Crippen molar-refractivity contribution in [2.75, 3.05) is 11.4 Å². The first-order valence-electron chi connectivity index (χ1n) is 8.14. The van der Waals surface area contributed by atoms with Crippen molar-refractivity contribution >= 4 is 5.82 Å². The van der Waals surface area contributed by atoms with Crippen LogP contribution in [-0.4, -0.2) is 26.7 Å². The minimum atomic E-state index is 0.815. The molecule has 5 nitrogen and oxygen atoms in total. The molecule has 0 aliphatic carbocycles. The van der Waals surface area contributed by atoms with Crippen molar-refractivity contribution in [2.24, 2.45) is 0 Å². The summed E-state index contributed by atoms with van der Waals surface area (Å²) in [6.45, 7) is 5.92.